The largest absolute Gasteiger partial charge is 0.463 e. The van der Waals surface area contributed by atoms with E-state index in [0.717, 1.165) is 32.1 Å². The van der Waals surface area contributed by atoms with Crippen LogP contribution in [0.4, 0.5) is 0 Å². The number of aliphatic hydroxyl groups is 1. The molecule has 9 heteroatoms. The molecule has 1 aliphatic heterocycles. The van der Waals surface area contributed by atoms with Crippen molar-refractivity contribution in [3.05, 3.63) is 0 Å². The van der Waals surface area contributed by atoms with Gasteiger partial charge in [-0.3, -0.25) is 14.4 Å². The Morgan fingerprint density at radius 1 is 0.828 bits per heavy atom. The number of carbonyl (C=O) groups is 3. The van der Waals surface area contributed by atoms with Gasteiger partial charge < -0.3 is 28.8 Å². The number of hydrogen-bond donors (Lipinski definition) is 1. The van der Waals surface area contributed by atoms with Crippen LogP contribution in [0.25, 0.3) is 0 Å². The minimum Gasteiger partial charge on any atom is -0.463 e. The van der Waals surface area contributed by atoms with E-state index in [1.54, 1.807) is 0 Å². The van der Waals surface area contributed by atoms with Crippen molar-refractivity contribution in [2.75, 3.05) is 13.2 Å². The summed E-state index contributed by atoms with van der Waals surface area (Å²) in [5.41, 5.74) is 0. The Bertz CT molecular complexity index is 522. The van der Waals surface area contributed by atoms with E-state index < -0.39 is 48.6 Å². The lowest BCUT2D eigenvalue weighted by atomic mass is 9.98. The fourth-order valence-corrected chi connectivity index (χ4v) is 3.17. The molecule has 0 aromatic carbocycles. The van der Waals surface area contributed by atoms with Gasteiger partial charge in [0.05, 0.1) is 0 Å². The second-order valence-corrected chi connectivity index (χ2v) is 7.12. The summed E-state index contributed by atoms with van der Waals surface area (Å²) < 4.78 is 26.8. The van der Waals surface area contributed by atoms with Crippen LogP contribution in [0, 0.1) is 0 Å². The summed E-state index contributed by atoms with van der Waals surface area (Å²) in [5, 5.41) is 10.3. The molecule has 29 heavy (non-hydrogen) atoms. The highest BCUT2D eigenvalue weighted by atomic mass is 16.7. The summed E-state index contributed by atoms with van der Waals surface area (Å²) in [6, 6.07) is 0. The lowest BCUT2D eigenvalue weighted by Crippen LogP contribution is -2.62. The SMILES string of the molecule is CCCCCCCCO[C@H]1[C@H](OC(C)=O)[C@@H](COC(C)=O)OC(O)[C@@H]1OC(C)=O. The van der Waals surface area contributed by atoms with Gasteiger partial charge in [-0.1, -0.05) is 39.0 Å². The van der Waals surface area contributed by atoms with Gasteiger partial charge in [0.15, 0.2) is 18.5 Å². The minimum absolute atomic E-state index is 0.242. The van der Waals surface area contributed by atoms with E-state index in [4.69, 9.17) is 23.7 Å². The highest BCUT2D eigenvalue weighted by Gasteiger charge is 2.50. The maximum absolute atomic E-state index is 11.6. The van der Waals surface area contributed by atoms with Crippen LogP contribution in [0.3, 0.4) is 0 Å². The number of hydrogen-bond acceptors (Lipinski definition) is 9. The highest BCUT2D eigenvalue weighted by Crippen LogP contribution is 2.28. The Balaban J connectivity index is 2.84. The third kappa shape index (κ3) is 9.56. The van der Waals surface area contributed by atoms with Crippen molar-refractivity contribution in [2.45, 2.75) is 96.9 Å². The molecule has 1 aliphatic rings. The summed E-state index contributed by atoms with van der Waals surface area (Å²) >= 11 is 0. The average molecular weight is 418 g/mol. The number of rotatable bonds is 12. The Hall–Kier alpha value is -1.71. The van der Waals surface area contributed by atoms with Crippen molar-refractivity contribution in [3.63, 3.8) is 0 Å². The molecule has 0 aromatic heterocycles. The van der Waals surface area contributed by atoms with Crippen LogP contribution in [0.2, 0.25) is 0 Å². The predicted octanol–water partition coefficient (Wildman–Crippen LogP) is 1.88. The van der Waals surface area contributed by atoms with Crippen LogP contribution in [-0.2, 0) is 38.1 Å². The summed E-state index contributed by atoms with van der Waals surface area (Å²) in [6.07, 6.45) is 0.715. The zero-order valence-corrected chi connectivity index (χ0v) is 17.8. The first kappa shape index (κ1) is 25.3. The van der Waals surface area contributed by atoms with Crippen molar-refractivity contribution in [2.24, 2.45) is 0 Å². The standard InChI is InChI=1S/C20H34O9/c1-5-6-7-8-9-10-11-25-18-17(27-14(3)22)16(12-26-13(2)21)29-20(24)19(18)28-15(4)23/h16-20,24H,5-12H2,1-4H3/t16-,17-,18+,19-,20?/m1/s1. The topological polar surface area (TPSA) is 118 Å². The highest BCUT2D eigenvalue weighted by molar-refractivity contribution is 5.67. The molecule has 168 valence electrons. The minimum atomic E-state index is -1.51. The lowest BCUT2D eigenvalue weighted by Gasteiger charge is -2.43. The first-order valence-corrected chi connectivity index (χ1v) is 10.2. The van der Waals surface area contributed by atoms with E-state index in [1.165, 1.54) is 27.2 Å². The number of ether oxygens (including phenoxy) is 5. The van der Waals surface area contributed by atoms with E-state index in [-0.39, 0.29) is 6.61 Å². The molecule has 0 radical (unpaired) electrons. The summed E-state index contributed by atoms with van der Waals surface area (Å²) in [4.78, 5) is 34.3. The van der Waals surface area contributed by atoms with Gasteiger partial charge in [0.2, 0.25) is 0 Å². The van der Waals surface area contributed by atoms with Crippen LogP contribution in [0.5, 0.6) is 0 Å². The molecule has 0 spiro atoms. The van der Waals surface area contributed by atoms with Crippen LogP contribution >= 0.6 is 0 Å². The Morgan fingerprint density at radius 3 is 2.00 bits per heavy atom. The number of unbranched alkanes of at least 4 members (excludes halogenated alkanes) is 5. The zero-order valence-electron chi connectivity index (χ0n) is 17.8. The van der Waals surface area contributed by atoms with E-state index >= 15 is 0 Å². The van der Waals surface area contributed by atoms with Crippen LogP contribution in [0.1, 0.15) is 66.2 Å². The van der Waals surface area contributed by atoms with Gasteiger partial charge >= 0.3 is 17.9 Å². The fourth-order valence-electron chi connectivity index (χ4n) is 3.17. The molecule has 5 atom stereocenters. The molecule has 1 rings (SSSR count). The van der Waals surface area contributed by atoms with Gasteiger partial charge in [-0.15, -0.1) is 0 Å². The first-order valence-electron chi connectivity index (χ1n) is 10.2. The van der Waals surface area contributed by atoms with Crippen molar-refractivity contribution in [1.29, 1.82) is 0 Å². The molecule has 9 nitrogen and oxygen atoms in total. The van der Waals surface area contributed by atoms with Gasteiger partial charge in [0, 0.05) is 27.4 Å². The Morgan fingerprint density at radius 2 is 1.41 bits per heavy atom. The monoisotopic (exact) mass is 418 g/mol. The molecule has 1 N–H and O–H groups in total. The molecule has 0 aromatic rings. The Labute approximate surface area is 172 Å². The molecule has 0 bridgehead atoms. The second kappa shape index (κ2) is 13.5. The summed E-state index contributed by atoms with van der Waals surface area (Å²) in [6.45, 7) is 5.89. The van der Waals surface area contributed by atoms with Gasteiger partial charge in [-0.05, 0) is 6.42 Å². The van der Waals surface area contributed by atoms with E-state index in [9.17, 15) is 19.5 Å². The molecular weight excluding hydrogens is 384 g/mol. The maximum Gasteiger partial charge on any atom is 0.303 e. The van der Waals surface area contributed by atoms with Crippen LogP contribution in [0.15, 0.2) is 0 Å². The molecule has 1 saturated heterocycles. The summed E-state index contributed by atoms with van der Waals surface area (Å²) in [7, 11) is 0. The van der Waals surface area contributed by atoms with E-state index in [1.807, 2.05) is 0 Å². The van der Waals surface area contributed by atoms with E-state index in [0.29, 0.717) is 6.61 Å². The molecule has 1 unspecified atom stereocenters. The smallest absolute Gasteiger partial charge is 0.303 e. The fraction of sp³-hybridized carbons (Fsp3) is 0.850. The Kier molecular flexibility index (Phi) is 11.8. The normalized spacial score (nSPS) is 26.6. The third-order valence-corrected chi connectivity index (χ3v) is 4.47. The van der Waals surface area contributed by atoms with Crippen LogP contribution < -0.4 is 0 Å². The predicted molar refractivity (Wildman–Crippen MR) is 102 cm³/mol. The molecule has 0 amide bonds. The van der Waals surface area contributed by atoms with Crippen molar-refractivity contribution in [3.8, 4) is 0 Å². The quantitative estimate of drug-likeness (QED) is 0.288. The van der Waals surface area contributed by atoms with Gasteiger partial charge in [-0.25, -0.2) is 0 Å². The first-order chi connectivity index (χ1) is 13.8. The van der Waals surface area contributed by atoms with Gasteiger partial charge in [-0.2, -0.15) is 0 Å². The number of esters is 3. The molecular formula is C20H34O9. The molecule has 1 fully saturated rings. The van der Waals surface area contributed by atoms with Crippen molar-refractivity contribution >= 4 is 17.9 Å². The van der Waals surface area contributed by atoms with Crippen molar-refractivity contribution < 1.29 is 43.2 Å². The van der Waals surface area contributed by atoms with Crippen molar-refractivity contribution in [1.82, 2.24) is 0 Å². The number of carbonyl (C=O) groups excluding carboxylic acids is 3. The summed E-state index contributed by atoms with van der Waals surface area (Å²) in [5.74, 6) is -1.78. The average Bonchev–Trinajstić information content (AvgIpc) is 2.63. The molecule has 0 saturated carbocycles. The third-order valence-electron chi connectivity index (χ3n) is 4.47. The maximum atomic E-state index is 11.6. The van der Waals surface area contributed by atoms with Gasteiger partial charge in [0.1, 0.15) is 18.8 Å². The second-order valence-electron chi connectivity index (χ2n) is 7.12. The number of aliphatic hydroxyl groups excluding tert-OH is 1. The van der Waals surface area contributed by atoms with Crippen LogP contribution in [-0.4, -0.2) is 66.9 Å². The zero-order chi connectivity index (χ0) is 21.8. The molecule has 1 heterocycles. The molecule has 0 aliphatic carbocycles. The van der Waals surface area contributed by atoms with E-state index in [2.05, 4.69) is 6.92 Å². The van der Waals surface area contributed by atoms with Gasteiger partial charge in [0.25, 0.3) is 0 Å². The lowest BCUT2D eigenvalue weighted by molar-refractivity contribution is -0.300.